The minimum absolute atomic E-state index is 0.0464. The van der Waals surface area contributed by atoms with Gasteiger partial charge in [-0.25, -0.2) is 14.4 Å². The lowest BCUT2D eigenvalue weighted by Crippen LogP contribution is -2.43. The molecule has 1 aromatic rings. The number of amidine groups is 1. The van der Waals surface area contributed by atoms with Crippen LogP contribution in [0.4, 0.5) is 17.6 Å². The van der Waals surface area contributed by atoms with Gasteiger partial charge in [0, 0.05) is 31.1 Å². The van der Waals surface area contributed by atoms with Gasteiger partial charge in [-0.15, -0.1) is 0 Å². The molecule has 2 amide bonds. The van der Waals surface area contributed by atoms with Crippen molar-refractivity contribution in [1.82, 2.24) is 10.2 Å². The number of allylic oxidation sites excluding steroid dienone is 1. The van der Waals surface area contributed by atoms with Crippen LogP contribution in [-0.2, 0) is 11.2 Å². The first kappa shape index (κ1) is 29.2. The van der Waals surface area contributed by atoms with Crippen LogP contribution < -0.4 is 11.1 Å². The van der Waals surface area contributed by atoms with E-state index in [0.717, 1.165) is 0 Å². The molecule has 1 fully saturated rings. The second kappa shape index (κ2) is 11.8. The number of amides is 2. The molecule has 1 aliphatic rings. The number of carbonyl (C=O) groups is 2. The number of nitrogens with one attached hydrogen (secondary N) is 1. The molecule has 0 aliphatic heterocycles. The van der Waals surface area contributed by atoms with Crippen LogP contribution in [0.15, 0.2) is 40.0 Å². The molecule has 11 heteroatoms. The molecule has 198 valence electrons. The quantitative estimate of drug-likeness (QED) is 0.268. The van der Waals surface area contributed by atoms with Gasteiger partial charge in [0.15, 0.2) is 0 Å². The van der Waals surface area contributed by atoms with Crippen LogP contribution in [0.3, 0.4) is 0 Å². The summed E-state index contributed by atoms with van der Waals surface area (Å²) in [6, 6.07) is 3.82. The lowest BCUT2D eigenvalue weighted by molar-refractivity contribution is -0.199. The van der Waals surface area contributed by atoms with E-state index >= 15 is 0 Å². The topological polar surface area (TPSA) is 100 Å². The summed E-state index contributed by atoms with van der Waals surface area (Å²) in [5, 5.41) is 2.73. The number of carbonyl (C=O) groups excluding carboxylic acids is 2. The molecule has 0 saturated heterocycles. The van der Waals surface area contributed by atoms with E-state index < -0.39 is 35.1 Å². The van der Waals surface area contributed by atoms with Crippen LogP contribution in [0.1, 0.15) is 49.0 Å². The molecule has 0 radical (unpaired) electrons. The number of rotatable bonds is 11. The number of benzene rings is 1. The molecule has 0 unspecified atom stereocenters. The summed E-state index contributed by atoms with van der Waals surface area (Å²) in [4.78, 5) is 33.5. The smallest absolute Gasteiger partial charge is 0.366 e. The van der Waals surface area contributed by atoms with E-state index in [4.69, 9.17) is 5.73 Å². The lowest BCUT2D eigenvalue weighted by Gasteiger charge is -2.30. The summed E-state index contributed by atoms with van der Waals surface area (Å²) < 4.78 is 55.9. The zero-order valence-electron chi connectivity index (χ0n) is 21.0. The normalized spacial score (nSPS) is 17.5. The standard InChI is InChI=1S/C25H33F4N5O2/c1-15(13-32-16(2)31-3)20(24(8-9-24)25(27,28)29)12-22(35)33-14-18(34(4)5)10-17-6-7-19(23(30)36)21(26)11-17/h6-7,11,13,18,20H,3,8-10,12,14H2,1-2,4-5H3,(H2,30,36)(H,33,35)/b15-13+,32-16-/t18-,20+/m0/s1. The summed E-state index contributed by atoms with van der Waals surface area (Å²) in [5.41, 5.74) is 3.90. The number of hydrogen-bond acceptors (Lipinski definition) is 4. The van der Waals surface area contributed by atoms with E-state index in [0.29, 0.717) is 23.4 Å². The predicted molar refractivity (Wildman–Crippen MR) is 131 cm³/mol. The fourth-order valence-electron chi connectivity index (χ4n) is 4.17. The van der Waals surface area contributed by atoms with Gasteiger partial charge >= 0.3 is 6.18 Å². The highest BCUT2D eigenvalue weighted by Gasteiger charge is 2.67. The molecule has 1 aromatic carbocycles. The maximum absolute atomic E-state index is 14.1. The number of nitrogens with two attached hydrogens (primary N) is 1. The van der Waals surface area contributed by atoms with Crippen LogP contribution in [-0.4, -0.2) is 62.1 Å². The van der Waals surface area contributed by atoms with Crippen LogP contribution in [0.2, 0.25) is 0 Å². The van der Waals surface area contributed by atoms with Gasteiger partial charge in [-0.3, -0.25) is 9.59 Å². The van der Waals surface area contributed by atoms with E-state index in [9.17, 15) is 27.2 Å². The highest BCUT2D eigenvalue weighted by atomic mass is 19.4. The number of hydrogen-bond donors (Lipinski definition) is 2. The third-order valence-electron chi connectivity index (χ3n) is 6.68. The van der Waals surface area contributed by atoms with E-state index in [-0.39, 0.29) is 37.4 Å². The summed E-state index contributed by atoms with van der Waals surface area (Å²) in [6.45, 7) is 6.58. The number of aliphatic imine (C=N–C) groups is 2. The Balaban J connectivity index is 2.14. The maximum atomic E-state index is 14.1. The highest BCUT2D eigenvalue weighted by Crippen LogP contribution is 2.64. The molecule has 7 nitrogen and oxygen atoms in total. The molecule has 0 bridgehead atoms. The second-order valence-electron chi connectivity index (χ2n) is 9.42. The highest BCUT2D eigenvalue weighted by molar-refractivity contribution is 5.93. The average molecular weight is 512 g/mol. The zero-order valence-corrected chi connectivity index (χ0v) is 21.0. The molecular weight excluding hydrogens is 478 g/mol. The minimum Gasteiger partial charge on any atom is -0.366 e. The fraction of sp³-hybridized carbons (Fsp3) is 0.520. The number of nitrogens with zero attached hydrogens (tertiary/aromatic N) is 3. The zero-order chi connectivity index (χ0) is 27.3. The predicted octanol–water partition coefficient (Wildman–Crippen LogP) is 3.89. The van der Waals surface area contributed by atoms with Gasteiger partial charge in [0.25, 0.3) is 5.91 Å². The van der Waals surface area contributed by atoms with Gasteiger partial charge in [0.2, 0.25) is 5.91 Å². The van der Waals surface area contributed by atoms with Crippen molar-refractivity contribution in [3.8, 4) is 0 Å². The van der Waals surface area contributed by atoms with Crippen molar-refractivity contribution >= 4 is 24.4 Å². The van der Waals surface area contributed by atoms with Crippen LogP contribution in [0.25, 0.3) is 0 Å². The molecule has 0 heterocycles. The Hall–Kier alpha value is -3.08. The molecule has 1 aliphatic carbocycles. The Bertz CT molecular complexity index is 1050. The number of halogens is 4. The SMILES string of the molecule is C=N/C(C)=N\C=C(/C)[C@@H](CC(=O)NC[C@H](Cc1ccc(C(N)=O)c(F)c1)N(C)C)C1(C(F)(F)F)CC1. The summed E-state index contributed by atoms with van der Waals surface area (Å²) in [6.07, 6.45) is -3.23. The minimum atomic E-state index is -4.45. The summed E-state index contributed by atoms with van der Waals surface area (Å²) >= 11 is 0. The summed E-state index contributed by atoms with van der Waals surface area (Å²) in [7, 11) is 3.55. The largest absolute Gasteiger partial charge is 0.395 e. The maximum Gasteiger partial charge on any atom is 0.395 e. The van der Waals surface area contributed by atoms with Gasteiger partial charge in [-0.05, 0) is 71.6 Å². The van der Waals surface area contributed by atoms with Crippen molar-refractivity contribution in [3.63, 3.8) is 0 Å². The van der Waals surface area contributed by atoms with Crippen molar-refractivity contribution in [1.29, 1.82) is 0 Å². The molecule has 3 N–H and O–H groups in total. The molecule has 0 aromatic heterocycles. The van der Waals surface area contributed by atoms with Crippen molar-refractivity contribution in [2.45, 2.75) is 51.7 Å². The van der Waals surface area contributed by atoms with Gasteiger partial charge in [-0.1, -0.05) is 11.6 Å². The van der Waals surface area contributed by atoms with Gasteiger partial charge in [-0.2, -0.15) is 13.2 Å². The average Bonchev–Trinajstić information content (AvgIpc) is 3.60. The van der Waals surface area contributed by atoms with Crippen LogP contribution >= 0.6 is 0 Å². The van der Waals surface area contributed by atoms with Crippen molar-refractivity contribution in [2.75, 3.05) is 20.6 Å². The molecule has 36 heavy (non-hydrogen) atoms. The Morgan fingerprint density at radius 3 is 2.39 bits per heavy atom. The summed E-state index contributed by atoms with van der Waals surface area (Å²) in [5.74, 6) is -2.88. The van der Waals surface area contributed by atoms with Gasteiger partial charge < -0.3 is 16.0 Å². The van der Waals surface area contributed by atoms with Crippen molar-refractivity contribution in [2.24, 2.45) is 27.1 Å². The monoisotopic (exact) mass is 511 g/mol. The first-order valence-corrected chi connectivity index (χ1v) is 11.5. The van der Waals surface area contributed by atoms with E-state index in [2.05, 4.69) is 22.0 Å². The number of likely N-dealkylation sites (N-methyl/N-ethyl adjacent to an activating group) is 1. The third kappa shape index (κ3) is 7.22. The third-order valence-corrected chi connectivity index (χ3v) is 6.68. The van der Waals surface area contributed by atoms with Crippen molar-refractivity contribution < 1.29 is 27.2 Å². The molecule has 2 atom stereocenters. The Morgan fingerprint density at radius 2 is 1.92 bits per heavy atom. The molecule has 0 spiro atoms. The number of primary amides is 1. The van der Waals surface area contributed by atoms with E-state index in [1.165, 1.54) is 25.3 Å². The van der Waals surface area contributed by atoms with Crippen LogP contribution in [0.5, 0.6) is 0 Å². The molecule has 2 rings (SSSR count). The Kier molecular flexibility index (Phi) is 9.53. The Morgan fingerprint density at radius 1 is 1.28 bits per heavy atom. The van der Waals surface area contributed by atoms with Gasteiger partial charge in [0.05, 0.1) is 11.0 Å². The van der Waals surface area contributed by atoms with E-state index in [1.54, 1.807) is 27.1 Å². The van der Waals surface area contributed by atoms with Gasteiger partial charge in [0.1, 0.15) is 11.7 Å². The van der Waals surface area contributed by atoms with E-state index in [1.807, 2.05) is 4.90 Å². The van der Waals surface area contributed by atoms with Crippen molar-refractivity contribution in [3.05, 3.63) is 46.9 Å². The molecular formula is C25H33F4N5O2. The van der Waals surface area contributed by atoms with Crippen LogP contribution in [0, 0.1) is 17.2 Å². The number of alkyl halides is 3. The lowest BCUT2D eigenvalue weighted by atomic mass is 9.80. The first-order chi connectivity index (χ1) is 16.7. The fourth-order valence-corrected chi connectivity index (χ4v) is 4.17. The second-order valence-corrected chi connectivity index (χ2v) is 9.42. The molecule has 1 saturated carbocycles. The first-order valence-electron chi connectivity index (χ1n) is 11.5. The Labute approximate surface area is 208 Å².